The zero-order chi connectivity index (χ0) is 13.3. The van der Waals surface area contributed by atoms with Crippen LogP contribution in [0.1, 0.15) is 53.4 Å². The predicted octanol–water partition coefficient (Wildman–Crippen LogP) is 2.97. The van der Waals surface area contributed by atoms with E-state index in [1.54, 1.807) is 0 Å². The molecule has 0 aliphatic heterocycles. The number of esters is 1. The number of carbonyl (C=O) groups is 2. The zero-order valence-electron chi connectivity index (χ0n) is 11.6. The minimum absolute atomic E-state index is 0.0624. The van der Waals surface area contributed by atoms with Gasteiger partial charge in [0.05, 0.1) is 7.11 Å². The van der Waals surface area contributed by atoms with Crippen molar-refractivity contribution in [1.29, 1.82) is 0 Å². The van der Waals surface area contributed by atoms with E-state index in [-0.39, 0.29) is 17.2 Å². The number of carbonyl (C=O) groups excluding carboxylic acids is 2. The van der Waals surface area contributed by atoms with Crippen LogP contribution in [0.3, 0.4) is 0 Å². The Morgan fingerprint density at radius 1 is 1.29 bits per heavy atom. The van der Waals surface area contributed by atoms with Crippen molar-refractivity contribution in [3.8, 4) is 0 Å². The summed E-state index contributed by atoms with van der Waals surface area (Å²) in [7, 11) is 1.37. The Morgan fingerprint density at radius 3 is 2.18 bits per heavy atom. The predicted molar refractivity (Wildman–Crippen MR) is 66.5 cm³/mol. The fourth-order valence-electron chi connectivity index (χ4n) is 2.56. The van der Waals surface area contributed by atoms with Gasteiger partial charge in [0.2, 0.25) is 0 Å². The maximum Gasteiger partial charge on any atom is 0.319 e. The lowest BCUT2D eigenvalue weighted by molar-refractivity contribution is -0.171. The first kappa shape index (κ1) is 14.2. The van der Waals surface area contributed by atoms with E-state index in [4.69, 9.17) is 4.74 Å². The lowest BCUT2D eigenvalue weighted by Crippen LogP contribution is -2.53. The Balaban J connectivity index is 2.81. The second kappa shape index (κ2) is 4.79. The van der Waals surface area contributed by atoms with Gasteiger partial charge in [-0.05, 0) is 30.6 Å². The van der Waals surface area contributed by atoms with Crippen LogP contribution in [0.15, 0.2) is 0 Å². The van der Waals surface area contributed by atoms with E-state index in [0.29, 0.717) is 25.2 Å². The number of Topliss-reactive ketones (excluding diaryl/α,β-unsaturated/α-hetero) is 1. The summed E-state index contributed by atoms with van der Waals surface area (Å²) in [5, 5.41) is 0. The Bertz CT molecular complexity index is 306. The third-order valence-electron chi connectivity index (χ3n) is 4.00. The molecule has 0 aromatic heterocycles. The summed E-state index contributed by atoms with van der Waals surface area (Å²) in [4.78, 5) is 24.0. The van der Waals surface area contributed by atoms with Gasteiger partial charge >= 0.3 is 5.97 Å². The van der Waals surface area contributed by atoms with E-state index < -0.39 is 5.41 Å². The van der Waals surface area contributed by atoms with Crippen molar-refractivity contribution in [2.75, 3.05) is 7.11 Å². The SMILES string of the molecule is CCCC(=O)C1(C(=O)OC)CC(C(C)(C)C)C1. The molecule has 0 aromatic carbocycles. The van der Waals surface area contributed by atoms with Gasteiger partial charge in [-0.1, -0.05) is 27.7 Å². The van der Waals surface area contributed by atoms with E-state index >= 15 is 0 Å². The normalized spacial score (nSPS) is 28.4. The largest absolute Gasteiger partial charge is 0.468 e. The van der Waals surface area contributed by atoms with Crippen molar-refractivity contribution < 1.29 is 14.3 Å². The van der Waals surface area contributed by atoms with Gasteiger partial charge < -0.3 is 4.74 Å². The van der Waals surface area contributed by atoms with Crippen molar-refractivity contribution in [3.63, 3.8) is 0 Å². The first-order valence-electron chi connectivity index (χ1n) is 6.39. The van der Waals surface area contributed by atoms with E-state index in [1.165, 1.54) is 7.11 Å². The standard InChI is InChI=1S/C14H24O3/c1-6-7-11(15)14(12(16)17-5)8-10(9-14)13(2,3)4/h10H,6-9H2,1-5H3. The third kappa shape index (κ3) is 2.53. The van der Waals surface area contributed by atoms with Crippen LogP contribution < -0.4 is 0 Å². The molecule has 1 saturated carbocycles. The molecule has 0 aromatic rings. The first-order valence-corrected chi connectivity index (χ1v) is 6.39. The highest BCUT2D eigenvalue weighted by atomic mass is 16.5. The topological polar surface area (TPSA) is 43.4 Å². The summed E-state index contributed by atoms with van der Waals surface area (Å²) in [6.45, 7) is 8.43. The lowest BCUT2D eigenvalue weighted by atomic mass is 9.52. The molecular weight excluding hydrogens is 216 g/mol. The van der Waals surface area contributed by atoms with Crippen molar-refractivity contribution in [2.24, 2.45) is 16.7 Å². The molecule has 1 aliphatic carbocycles. The molecule has 98 valence electrons. The molecule has 17 heavy (non-hydrogen) atoms. The quantitative estimate of drug-likeness (QED) is 0.560. The first-order chi connectivity index (χ1) is 7.78. The smallest absolute Gasteiger partial charge is 0.319 e. The average Bonchev–Trinajstić information content (AvgIpc) is 2.14. The fourth-order valence-corrected chi connectivity index (χ4v) is 2.56. The molecule has 0 bridgehead atoms. The van der Waals surface area contributed by atoms with Crippen LogP contribution in [-0.4, -0.2) is 18.9 Å². The van der Waals surface area contributed by atoms with Crippen molar-refractivity contribution in [1.82, 2.24) is 0 Å². The number of hydrogen-bond acceptors (Lipinski definition) is 3. The van der Waals surface area contributed by atoms with Gasteiger partial charge in [0.1, 0.15) is 11.2 Å². The monoisotopic (exact) mass is 240 g/mol. The van der Waals surface area contributed by atoms with Crippen LogP contribution in [0.4, 0.5) is 0 Å². The molecule has 0 radical (unpaired) electrons. The van der Waals surface area contributed by atoms with Crippen molar-refractivity contribution in [2.45, 2.75) is 53.4 Å². The third-order valence-corrected chi connectivity index (χ3v) is 4.00. The molecule has 1 fully saturated rings. The number of ketones is 1. The van der Waals surface area contributed by atoms with Crippen LogP contribution in [-0.2, 0) is 14.3 Å². The van der Waals surface area contributed by atoms with Crippen LogP contribution >= 0.6 is 0 Å². The molecule has 0 amide bonds. The number of ether oxygens (including phenoxy) is 1. The molecule has 0 spiro atoms. The van der Waals surface area contributed by atoms with E-state index in [1.807, 2.05) is 6.92 Å². The summed E-state index contributed by atoms with van der Waals surface area (Å²) in [5.41, 5.74) is -0.674. The fraction of sp³-hybridized carbons (Fsp3) is 0.857. The molecule has 0 atom stereocenters. The van der Waals surface area contributed by atoms with E-state index in [9.17, 15) is 9.59 Å². The van der Waals surface area contributed by atoms with Gasteiger partial charge in [-0.25, -0.2) is 0 Å². The second-order valence-electron chi connectivity index (χ2n) is 6.22. The van der Waals surface area contributed by atoms with Crippen LogP contribution in [0.25, 0.3) is 0 Å². The average molecular weight is 240 g/mol. The second-order valence-corrected chi connectivity index (χ2v) is 6.22. The van der Waals surface area contributed by atoms with E-state index in [0.717, 1.165) is 6.42 Å². The van der Waals surface area contributed by atoms with Gasteiger partial charge in [0.25, 0.3) is 0 Å². The molecule has 3 nitrogen and oxygen atoms in total. The Morgan fingerprint density at radius 2 is 1.82 bits per heavy atom. The van der Waals surface area contributed by atoms with Gasteiger partial charge in [-0.2, -0.15) is 0 Å². The molecule has 0 N–H and O–H groups in total. The number of rotatable bonds is 4. The van der Waals surface area contributed by atoms with Gasteiger partial charge in [0, 0.05) is 6.42 Å². The number of methoxy groups -OCH3 is 1. The molecule has 1 rings (SSSR count). The maximum absolute atomic E-state index is 12.1. The maximum atomic E-state index is 12.1. The Kier molecular flexibility index (Phi) is 4.00. The Labute approximate surface area is 104 Å². The lowest BCUT2D eigenvalue weighted by Gasteiger charge is -2.49. The van der Waals surface area contributed by atoms with Crippen LogP contribution in [0, 0.1) is 16.7 Å². The molecule has 3 heteroatoms. The van der Waals surface area contributed by atoms with E-state index in [2.05, 4.69) is 20.8 Å². The molecule has 0 unspecified atom stereocenters. The number of hydrogen-bond donors (Lipinski definition) is 0. The van der Waals surface area contributed by atoms with Gasteiger partial charge in [-0.15, -0.1) is 0 Å². The highest BCUT2D eigenvalue weighted by Gasteiger charge is 2.58. The molecule has 0 heterocycles. The van der Waals surface area contributed by atoms with Crippen LogP contribution in [0.2, 0.25) is 0 Å². The summed E-state index contributed by atoms with van der Waals surface area (Å²) < 4.78 is 4.83. The van der Waals surface area contributed by atoms with Gasteiger partial charge in [0.15, 0.2) is 0 Å². The Hall–Kier alpha value is -0.860. The molecular formula is C14H24O3. The highest BCUT2D eigenvalue weighted by molar-refractivity contribution is 6.04. The summed E-state index contributed by atoms with van der Waals surface area (Å²) >= 11 is 0. The zero-order valence-corrected chi connectivity index (χ0v) is 11.6. The van der Waals surface area contributed by atoms with Crippen molar-refractivity contribution >= 4 is 11.8 Å². The summed E-state index contributed by atoms with van der Waals surface area (Å²) in [6.07, 6.45) is 2.58. The summed E-state index contributed by atoms with van der Waals surface area (Å²) in [5.74, 6) is 0.159. The van der Waals surface area contributed by atoms with Crippen LogP contribution in [0.5, 0.6) is 0 Å². The van der Waals surface area contributed by atoms with Crippen molar-refractivity contribution in [3.05, 3.63) is 0 Å². The summed E-state index contributed by atoms with van der Waals surface area (Å²) in [6, 6.07) is 0. The minimum atomic E-state index is -0.831. The molecule has 0 saturated heterocycles. The highest BCUT2D eigenvalue weighted by Crippen LogP contribution is 2.54. The van der Waals surface area contributed by atoms with Gasteiger partial charge in [-0.3, -0.25) is 9.59 Å². The minimum Gasteiger partial charge on any atom is -0.468 e. The molecule has 1 aliphatic rings.